The molecule has 0 bridgehead atoms. The third-order valence-electron chi connectivity index (χ3n) is 3.98. The lowest BCUT2D eigenvalue weighted by molar-refractivity contribution is -0.132. The molecule has 23 heavy (non-hydrogen) atoms. The maximum absolute atomic E-state index is 12.1. The van der Waals surface area contributed by atoms with Crippen LogP contribution in [-0.2, 0) is 4.79 Å². The minimum absolute atomic E-state index is 0.0702. The van der Waals surface area contributed by atoms with Gasteiger partial charge in [-0.05, 0) is 50.2 Å². The molecule has 1 aliphatic rings. The largest absolute Gasteiger partial charge is 0.343 e. The van der Waals surface area contributed by atoms with Crippen LogP contribution in [0.2, 0.25) is 0 Å². The third kappa shape index (κ3) is 5.84. The number of nitrogens with zero attached hydrogens (tertiary/aromatic N) is 1. The summed E-state index contributed by atoms with van der Waals surface area (Å²) in [5, 5.41) is 8.73. The number of nitrogens with one attached hydrogen (secondary N) is 3. The van der Waals surface area contributed by atoms with E-state index in [4.69, 9.17) is 0 Å². The molecule has 3 N–H and O–H groups in total. The fourth-order valence-electron chi connectivity index (χ4n) is 2.57. The molecule has 1 aromatic rings. The topological polar surface area (TPSA) is 73.5 Å². The van der Waals surface area contributed by atoms with Crippen molar-refractivity contribution in [3.63, 3.8) is 0 Å². The molecule has 0 aliphatic carbocycles. The van der Waals surface area contributed by atoms with Crippen LogP contribution in [0.25, 0.3) is 0 Å². The van der Waals surface area contributed by atoms with Crippen LogP contribution >= 0.6 is 15.9 Å². The molecule has 126 valence electrons. The van der Waals surface area contributed by atoms with Crippen molar-refractivity contribution in [3.05, 3.63) is 28.7 Å². The van der Waals surface area contributed by atoms with Gasteiger partial charge in [0.05, 0.1) is 0 Å². The number of carbonyl (C=O) groups is 2. The van der Waals surface area contributed by atoms with Crippen molar-refractivity contribution in [2.24, 2.45) is 0 Å². The molecular weight excluding hydrogens is 360 g/mol. The predicted molar refractivity (Wildman–Crippen MR) is 94.4 cm³/mol. The molecule has 0 saturated carbocycles. The van der Waals surface area contributed by atoms with E-state index in [0.29, 0.717) is 24.7 Å². The van der Waals surface area contributed by atoms with E-state index in [1.165, 1.54) is 0 Å². The molecule has 0 spiro atoms. The Labute approximate surface area is 145 Å². The number of piperidine rings is 1. The number of rotatable bonds is 5. The van der Waals surface area contributed by atoms with E-state index in [1.54, 1.807) is 12.1 Å². The Hall–Kier alpha value is -1.60. The van der Waals surface area contributed by atoms with Gasteiger partial charge >= 0.3 is 6.03 Å². The second kappa shape index (κ2) is 8.88. The molecule has 1 saturated heterocycles. The molecule has 0 radical (unpaired) electrons. The number of amides is 3. The summed E-state index contributed by atoms with van der Waals surface area (Å²) in [6.45, 7) is 2.24. The van der Waals surface area contributed by atoms with E-state index in [1.807, 2.05) is 24.1 Å². The number of hydrogen-bond donors (Lipinski definition) is 3. The predicted octanol–water partition coefficient (Wildman–Crippen LogP) is 2.17. The summed E-state index contributed by atoms with van der Waals surface area (Å²) in [5.74, 6) is 0.0702. The van der Waals surface area contributed by atoms with Gasteiger partial charge in [-0.15, -0.1) is 0 Å². The summed E-state index contributed by atoms with van der Waals surface area (Å²) >= 11 is 3.34. The number of urea groups is 1. The first-order chi connectivity index (χ1) is 11.1. The first-order valence-corrected chi connectivity index (χ1v) is 8.62. The van der Waals surface area contributed by atoms with Crippen LogP contribution in [0.15, 0.2) is 28.7 Å². The summed E-state index contributed by atoms with van der Waals surface area (Å²) in [6.07, 6.45) is 2.29. The second-order valence-corrected chi connectivity index (χ2v) is 6.54. The summed E-state index contributed by atoms with van der Waals surface area (Å²) in [4.78, 5) is 25.7. The fourth-order valence-corrected chi connectivity index (χ4v) is 2.83. The highest BCUT2D eigenvalue weighted by Gasteiger charge is 2.21. The first-order valence-electron chi connectivity index (χ1n) is 7.83. The Balaban J connectivity index is 1.68. The van der Waals surface area contributed by atoms with Gasteiger partial charge in [0.15, 0.2) is 0 Å². The summed E-state index contributed by atoms with van der Waals surface area (Å²) in [7, 11) is 1.85. The van der Waals surface area contributed by atoms with E-state index in [-0.39, 0.29) is 11.9 Å². The molecule has 1 fully saturated rings. The molecule has 1 aromatic carbocycles. The van der Waals surface area contributed by atoms with Crippen LogP contribution in [0.1, 0.15) is 19.3 Å². The van der Waals surface area contributed by atoms with Gasteiger partial charge in [0.2, 0.25) is 5.91 Å². The lowest BCUT2D eigenvalue weighted by Crippen LogP contribution is -2.44. The van der Waals surface area contributed by atoms with Crippen molar-refractivity contribution < 1.29 is 9.59 Å². The Morgan fingerprint density at radius 3 is 2.57 bits per heavy atom. The molecule has 0 aromatic heterocycles. The maximum Gasteiger partial charge on any atom is 0.319 e. The summed E-state index contributed by atoms with van der Waals surface area (Å²) in [5.41, 5.74) is 0.712. The minimum atomic E-state index is -0.301. The number of benzene rings is 1. The lowest BCUT2D eigenvalue weighted by atomic mass is 10.1. The summed E-state index contributed by atoms with van der Waals surface area (Å²) < 4.78 is 0.954. The Kier molecular flexibility index (Phi) is 6.85. The maximum atomic E-state index is 12.1. The molecular formula is C16H23BrN4O2. The van der Waals surface area contributed by atoms with Crippen LogP contribution < -0.4 is 16.0 Å². The second-order valence-electron chi connectivity index (χ2n) is 5.62. The molecule has 6 nitrogen and oxygen atoms in total. The average molecular weight is 383 g/mol. The van der Waals surface area contributed by atoms with Crippen LogP contribution in [0.4, 0.5) is 10.5 Å². The van der Waals surface area contributed by atoms with E-state index in [0.717, 1.165) is 30.4 Å². The average Bonchev–Trinajstić information content (AvgIpc) is 2.57. The van der Waals surface area contributed by atoms with Crippen molar-refractivity contribution in [3.8, 4) is 0 Å². The molecule has 1 aliphatic heterocycles. The Bertz CT molecular complexity index is 529. The highest BCUT2D eigenvalue weighted by molar-refractivity contribution is 9.10. The zero-order chi connectivity index (χ0) is 16.7. The Morgan fingerprint density at radius 2 is 1.91 bits per heavy atom. The Morgan fingerprint density at radius 1 is 1.26 bits per heavy atom. The zero-order valence-electron chi connectivity index (χ0n) is 13.3. The van der Waals surface area contributed by atoms with Crippen LogP contribution in [0, 0.1) is 0 Å². The molecule has 2 rings (SSSR count). The third-order valence-corrected chi connectivity index (χ3v) is 4.50. The quantitative estimate of drug-likeness (QED) is 0.730. The number of carbonyl (C=O) groups excluding carboxylic acids is 2. The molecule has 1 heterocycles. The lowest BCUT2D eigenvalue weighted by Gasteiger charge is -2.31. The van der Waals surface area contributed by atoms with Crippen molar-refractivity contribution in [2.75, 3.05) is 32.0 Å². The van der Waals surface area contributed by atoms with E-state index in [9.17, 15) is 9.59 Å². The SMILES string of the molecule is CN(C(=O)CCNC(=O)Nc1ccc(Br)cc1)C1CCNCC1. The van der Waals surface area contributed by atoms with Crippen molar-refractivity contribution in [1.29, 1.82) is 0 Å². The molecule has 0 atom stereocenters. The van der Waals surface area contributed by atoms with E-state index in [2.05, 4.69) is 31.9 Å². The van der Waals surface area contributed by atoms with Gasteiger partial charge in [0, 0.05) is 36.2 Å². The summed E-state index contributed by atoms with van der Waals surface area (Å²) in [6, 6.07) is 7.32. The minimum Gasteiger partial charge on any atom is -0.343 e. The van der Waals surface area contributed by atoms with Crippen LogP contribution in [0.3, 0.4) is 0 Å². The van der Waals surface area contributed by atoms with Gasteiger partial charge in [-0.1, -0.05) is 15.9 Å². The van der Waals surface area contributed by atoms with E-state index >= 15 is 0 Å². The van der Waals surface area contributed by atoms with E-state index < -0.39 is 0 Å². The van der Waals surface area contributed by atoms with Crippen LogP contribution in [0.5, 0.6) is 0 Å². The van der Waals surface area contributed by atoms with Crippen molar-refractivity contribution in [2.45, 2.75) is 25.3 Å². The van der Waals surface area contributed by atoms with Gasteiger partial charge in [0.25, 0.3) is 0 Å². The van der Waals surface area contributed by atoms with Gasteiger partial charge in [-0.2, -0.15) is 0 Å². The monoisotopic (exact) mass is 382 g/mol. The molecule has 0 unspecified atom stereocenters. The van der Waals surface area contributed by atoms with Crippen molar-refractivity contribution >= 4 is 33.6 Å². The number of hydrogen-bond acceptors (Lipinski definition) is 3. The zero-order valence-corrected chi connectivity index (χ0v) is 14.9. The van der Waals surface area contributed by atoms with Gasteiger partial charge in [-0.25, -0.2) is 4.79 Å². The smallest absolute Gasteiger partial charge is 0.319 e. The normalized spacial score (nSPS) is 15.0. The van der Waals surface area contributed by atoms with Crippen LogP contribution in [-0.4, -0.2) is 49.6 Å². The highest BCUT2D eigenvalue weighted by Crippen LogP contribution is 2.14. The number of halogens is 1. The standard InChI is InChI=1S/C16H23BrN4O2/c1-21(14-6-9-18-10-7-14)15(22)8-11-19-16(23)20-13-4-2-12(17)3-5-13/h2-5,14,18H,6-11H2,1H3,(H2,19,20,23). The number of anilines is 1. The van der Waals surface area contributed by atoms with Gasteiger partial charge < -0.3 is 20.9 Å². The molecule has 7 heteroatoms. The first kappa shape index (κ1) is 17.7. The van der Waals surface area contributed by atoms with Crippen molar-refractivity contribution in [1.82, 2.24) is 15.5 Å². The highest BCUT2D eigenvalue weighted by atomic mass is 79.9. The van der Waals surface area contributed by atoms with Gasteiger partial charge in [-0.3, -0.25) is 4.79 Å². The molecule has 3 amide bonds. The fraction of sp³-hybridized carbons (Fsp3) is 0.500. The van der Waals surface area contributed by atoms with Gasteiger partial charge in [0.1, 0.15) is 0 Å².